The van der Waals surface area contributed by atoms with Crippen LogP contribution in [-0.4, -0.2) is 41.7 Å². The Morgan fingerprint density at radius 1 is 1.44 bits per heavy atom. The van der Waals surface area contributed by atoms with Crippen molar-refractivity contribution in [2.24, 2.45) is 0 Å². The van der Waals surface area contributed by atoms with Crippen LogP contribution < -0.4 is 10.6 Å². The zero-order valence-electron chi connectivity index (χ0n) is 9.77. The molecule has 1 atom stereocenters. The number of fused-ring (bicyclic) bond motifs is 1. The summed E-state index contributed by atoms with van der Waals surface area (Å²) in [7, 11) is 0. The van der Waals surface area contributed by atoms with E-state index < -0.39 is 6.10 Å². The van der Waals surface area contributed by atoms with Crippen molar-refractivity contribution in [1.82, 2.24) is 15.3 Å². The Hall–Kier alpha value is -1.92. The fraction of sp³-hybridized carbons (Fsp3) is 0.333. The molecular weight excluding hydrogens is 232 g/mol. The number of ether oxygens (including phenoxy) is 1. The topological polar surface area (TPSA) is 79.0 Å². The van der Waals surface area contributed by atoms with E-state index in [4.69, 9.17) is 4.74 Å². The van der Waals surface area contributed by atoms with Crippen LogP contribution in [0.4, 0.5) is 5.95 Å². The molecule has 1 unspecified atom stereocenters. The van der Waals surface area contributed by atoms with E-state index in [-0.39, 0.29) is 5.91 Å². The number of rotatable bonds is 2. The quantitative estimate of drug-likeness (QED) is 0.720. The Balaban J connectivity index is 1.73. The van der Waals surface area contributed by atoms with Crippen LogP contribution in [0.1, 0.15) is 0 Å². The number of H-pyrrole nitrogens is 1. The highest BCUT2D eigenvalue weighted by atomic mass is 16.5. The van der Waals surface area contributed by atoms with Gasteiger partial charge in [-0.2, -0.15) is 0 Å². The van der Waals surface area contributed by atoms with Gasteiger partial charge in [0.2, 0.25) is 5.95 Å². The largest absolute Gasteiger partial charge is 0.366 e. The van der Waals surface area contributed by atoms with Gasteiger partial charge in [-0.25, -0.2) is 4.98 Å². The number of nitrogens with zero attached hydrogens (tertiary/aromatic N) is 1. The van der Waals surface area contributed by atoms with Crippen LogP contribution in [0.3, 0.4) is 0 Å². The molecule has 94 valence electrons. The Kier molecular flexibility index (Phi) is 2.95. The molecule has 0 saturated carbocycles. The van der Waals surface area contributed by atoms with Gasteiger partial charge < -0.3 is 15.0 Å². The average molecular weight is 246 g/mol. The van der Waals surface area contributed by atoms with E-state index in [2.05, 4.69) is 20.6 Å². The summed E-state index contributed by atoms with van der Waals surface area (Å²) in [5.74, 6) is 0.275. The second kappa shape index (κ2) is 4.75. The minimum atomic E-state index is -0.452. The van der Waals surface area contributed by atoms with Crippen LogP contribution in [0.5, 0.6) is 0 Å². The number of nitrogens with one attached hydrogen (secondary N) is 3. The maximum Gasteiger partial charge on any atom is 0.257 e. The average Bonchev–Trinajstić information content (AvgIpc) is 2.82. The summed E-state index contributed by atoms with van der Waals surface area (Å²) in [5.41, 5.74) is 1.73. The summed E-state index contributed by atoms with van der Waals surface area (Å²) in [6, 6.07) is 7.63. The normalized spacial score (nSPS) is 19.9. The number of hydrogen-bond donors (Lipinski definition) is 3. The van der Waals surface area contributed by atoms with E-state index >= 15 is 0 Å². The Morgan fingerprint density at radius 3 is 3.11 bits per heavy atom. The Morgan fingerprint density at radius 2 is 2.33 bits per heavy atom. The number of benzene rings is 1. The van der Waals surface area contributed by atoms with Crippen molar-refractivity contribution in [3.8, 4) is 0 Å². The SMILES string of the molecule is O=C(Nc1nc2ccccc2[nH]1)C1CNCCO1. The predicted octanol–water partition coefficient (Wildman–Crippen LogP) is 0.490. The van der Waals surface area contributed by atoms with E-state index in [1.807, 2.05) is 24.3 Å². The molecule has 6 heteroatoms. The second-order valence-electron chi connectivity index (χ2n) is 4.16. The second-order valence-corrected chi connectivity index (χ2v) is 4.16. The molecule has 0 aliphatic carbocycles. The molecule has 1 saturated heterocycles. The lowest BCUT2D eigenvalue weighted by Crippen LogP contribution is -2.45. The molecule has 18 heavy (non-hydrogen) atoms. The number of imidazole rings is 1. The monoisotopic (exact) mass is 246 g/mol. The van der Waals surface area contributed by atoms with Crippen molar-refractivity contribution in [2.45, 2.75) is 6.10 Å². The number of morpholine rings is 1. The van der Waals surface area contributed by atoms with E-state index in [9.17, 15) is 4.79 Å². The first kappa shape index (κ1) is 11.2. The number of aromatic nitrogens is 2. The van der Waals surface area contributed by atoms with Crippen molar-refractivity contribution < 1.29 is 9.53 Å². The molecule has 1 aliphatic heterocycles. The number of aromatic amines is 1. The summed E-state index contributed by atoms with van der Waals surface area (Å²) in [6.45, 7) is 1.87. The van der Waals surface area contributed by atoms with Crippen molar-refractivity contribution in [2.75, 3.05) is 25.0 Å². The molecule has 2 aromatic rings. The Labute approximate surface area is 104 Å². The first-order valence-electron chi connectivity index (χ1n) is 5.91. The van der Waals surface area contributed by atoms with Crippen LogP contribution in [0, 0.1) is 0 Å². The third kappa shape index (κ3) is 2.20. The van der Waals surface area contributed by atoms with Gasteiger partial charge >= 0.3 is 0 Å². The molecule has 0 radical (unpaired) electrons. The molecule has 3 rings (SSSR count). The van der Waals surface area contributed by atoms with Crippen molar-refractivity contribution in [3.63, 3.8) is 0 Å². The molecule has 1 aromatic heterocycles. The summed E-state index contributed by atoms with van der Waals surface area (Å²) < 4.78 is 5.37. The first-order chi connectivity index (χ1) is 8.83. The molecule has 1 aliphatic rings. The molecule has 1 fully saturated rings. The van der Waals surface area contributed by atoms with Crippen molar-refractivity contribution in [3.05, 3.63) is 24.3 Å². The van der Waals surface area contributed by atoms with Gasteiger partial charge in [-0.05, 0) is 12.1 Å². The van der Waals surface area contributed by atoms with Crippen LogP contribution in [0.25, 0.3) is 11.0 Å². The molecule has 6 nitrogen and oxygen atoms in total. The highest BCUT2D eigenvalue weighted by molar-refractivity contribution is 5.94. The molecule has 1 aromatic carbocycles. The van der Waals surface area contributed by atoms with Gasteiger partial charge in [0.1, 0.15) is 6.10 Å². The van der Waals surface area contributed by atoms with Crippen LogP contribution in [-0.2, 0) is 9.53 Å². The van der Waals surface area contributed by atoms with Crippen molar-refractivity contribution in [1.29, 1.82) is 0 Å². The minimum absolute atomic E-state index is 0.179. The number of amides is 1. The lowest BCUT2D eigenvalue weighted by atomic mass is 10.3. The third-order valence-electron chi connectivity index (χ3n) is 2.85. The van der Waals surface area contributed by atoms with Crippen molar-refractivity contribution >= 4 is 22.9 Å². The van der Waals surface area contributed by atoms with Gasteiger partial charge in [0.05, 0.1) is 17.6 Å². The number of hydrogen-bond acceptors (Lipinski definition) is 4. The minimum Gasteiger partial charge on any atom is -0.366 e. The molecular formula is C12H14N4O2. The number of carbonyl (C=O) groups is 1. The summed E-state index contributed by atoms with van der Waals surface area (Å²) in [4.78, 5) is 19.2. The van der Waals surface area contributed by atoms with E-state index in [1.165, 1.54) is 0 Å². The summed E-state index contributed by atoms with van der Waals surface area (Å²) in [5, 5.41) is 5.84. The van der Waals surface area contributed by atoms with E-state index in [0.29, 0.717) is 19.1 Å². The highest BCUT2D eigenvalue weighted by Gasteiger charge is 2.22. The van der Waals surface area contributed by atoms with Crippen LogP contribution in [0.2, 0.25) is 0 Å². The maximum absolute atomic E-state index is 11.9. The fourth-order valence-corrected chi connectivity index (χ4v) is 1.94. The standard InChI is InChI=1S/C12H14N4O2/c17-11(10-7-13-5-6-18-10)16-12-14-8-3-1-2-4-9(8)15-12/h1-4,10,13H,5-7H2,(H2,14,15,16,17). The van der Waals surface area contributed by atoms with Crippen LogP contribution in [0.15, 0.2) is 24.3 Å². The Bertz CT molecular complexity index is 527. The number of carbonyl (C=O) groups excluding carboxylic acids is 1. The molecule has 0 spiro atoms. The zero-order chi connectivity index (χ0) is 12.4. The van der Waals surface area contributed by atoms with Gasteiger partial charge in [-0.3, -0.25) is 10.1 Å². The zero-order valence-corrected chi connectivity index (χ0v) is 9.77. The van der Waals surface area contributed by atoms with Gasteiger partial charge in [0.15, 0.2) is 0 Å². The van der Waals surface area contributed by atoms with Crippen LogP contribution >= 0.6 is 0 Å². The van der Waals surface area contributed by atoms with E-state index in [0.717, 1.165) is 17.6 Å². The number of anilines is 1. The maximum atomic E-state index is 11.9. The smallest absolute Gasteiger partial charge is 0.257 e. The summed E-state index contributed by atoms with van der Waals surface area (Å²) in [6.07, 6.45) is -0.452. The number of para-hydroxylation sites is 2. The van der Waals surface area contributed by atoms with E-state index in [1.54, 1.807) is 0 Å². The van der Waals surface area contributed by atoms with Gasteiger partial charge in [0, 0.05) is 13.1 Å². The lowest BCUT2D eigenvalue weighted by Gasteiger charge is -2.22. The first-order valence-corrected chi connectivity index (χ1v) is 5.91. The predicted molar refractivity (Wildman–Crippen MR) is 67.3 cm³/mol. The third-order valence-corrected chi connectivity index (χ3v) is 2.85. The molecule has 2 heterocycles. The van der Waals surface area contributed by atoms with Gasteiger partial charge in [-0.15, -0.1) is 0 Å². The summed E-state index contributed by atoms with van der Waals surface area (Å²) >= 11 is 0. The van der Waals surface area contributed by atoms with Gasteiger partial charge in [0.25, 0.3) is 5.91 Å². The highest BCUT2D eigenvalue weighted by Crippen LogP contribution is 2.13. The molecule has 3 N–H and O–H groups in total. The lowest BCUT2D eigenvalue weighted by molar-refractivity contribution is -0.128. The fourth-order valence-electron chi connectivity index (χ4n) is 1.94. The van der Waals surface area contributed by atoms with Gasteiger partial charge in [-0.1, -0.05) is 12.1 Å². The molecule has 0 bridgehead atoms. The molecule has 1 amide bonds.